The SMILES string of the molecule is CC(CCCN)NC(=O)NC1CCCCC1. The van der Waals surface area contributed by atoms with E-state index in [2.05, 4.69) is 10.6 Å². The van der Waals surface area contributed by atoms with Gasteiger partial charge in [-0.15, -0.1) is 0 Å². The van der Waals surface area contributed by atoms with Crippen LogP contribution in [0.4, 0.5) is 4.79 Å². The highest BCUT2D eigenvalue weighted by Gasteiger charge is 2.16. The highest BCUT2D eigenvalue weighted by atomic mass is 16.2. The largest absolute Gasteiger partial charge is 0.336 e. The molecule has 0 aromatic rings. The van der Waals surface area contributed by atoms with Gasteiger partial charge < -0.3 is 16.4 Å². The van der Waals surface area contributed by atoms with Gasteiger partial charge in [-0.3, -0.25) is 0 Å². The van der Waals surface area contributed by atoms with Gasteiger partial charge in [0.25, 0.3) is 0 Å². The third kappa shape index (κ3) is 5.35. The normalized spacial score (nSPS) is 19.1. The predicted octanol–water partition coefficient (Wildman–Crippen LogP) is 1.75. The molecule has 1 aliphatic rings. The summed E-state index contributed by atoms with van der Waals surface area (Å²) in [6.07, 6.45) is 7.97. The van der Waals surface area contributed by atoms with Crippen molar-refractivity contribution in [1.82, 2.24) is 10.6 Å². The first-order valence-corrected chi connectivity index (χ1v) is 6.49. The van der Waals surface area contributed by atoms with Gasteiger partial charge in [0.05, 0.1) is 0 Å². The van der Waals surface area contributed by atoms with Crippen LogP contribution in [0, 0.1) is 0 Å². The summed E-state index contributed by atoms with van der Waals surface area (Å²) < 4.78 is 0. The summed E-state index contributed by atoms with van der Waals surface area (Å²) in [6.45, 7) is 2.71. The van der Waals surface area contributed by atoms with Crippen LogP contribution < -0.4 is 16.4 Å². The van der Waals surface area contributed by atoms with Crippen LogP contribution in [0.1, 0.15) is 51.9 Å². The van der Waals surface area contributed by atoms with Gasteiger partial charge in [-0.25, -0.2) is 4.79 Å². The number of carbonyl (C=O) groups excluding carboxylic acids is 1. The highest BCUT2D eigenvalue weighted by Crippen LogP contribution is 2.17. The molecule has 0 aromatic carbocycles. The Balaban J connectivity index is 2.13. The Labute approximate surface area is 98.3 Å². The average molecular weight is 227 g/mol. The number of urea groups is 1. The lowest BCUT2D eigenvalue weighted by atomic mass is 9.96. The second-order valence-corrected chi connectivity index (χ2v) is 4.78. The van der Waals surface area contributed by atoms with Crippen molar-refractivity contribution in [3.05, 3.63) is 0 Å². The minimum atomic E-state index is -0.0172. The maximum Gasteiger partial charge on any atom is 0.315 e. The molecule has 0 radical (unpaired) electrons. The number of nitrogens with one attached hydrogen (secondary N) is 2. The molecule has 0 aliphatic heterocycles. The Morgan fingerprint density at radius 3 is 2.69 bits per heavy atom. The first-order valence-electron chi connectivity index (χ1n) is 6.49. The molecule has 4 heteroatoms. The van der Waals surface area contributed by atoms with E-state index in [1.807, 2.05) is 6.92 Å². The van der Waals surface area contributed by atoms with Gasteiger partial charge in [-0.05, 0) is 39.2 Å². The number of rotatable bonds is 5. The summed E-state index contributed by atoms with van der Waals surface area (Å²) in [6, 6.07) is 0.582. The molecule has 2 amide bonds. The topological polar surface area (TPSA) is 67.1 Å². The second-order valence-electron chi connectivity index (χ2n) is 4.78. The van der Waals surface area contributed by atoms with E-state index in [-0.39, 0.29) is 12.1 Å². The lowest BCUT2D eigenvalue weighted by Gasteiger charge is -2.24. The van der Waals surface area contributed by atoms with Crippen molar-refractivity contribution in [3.8, 4) is 0 Å². The van der Waals surface area contributed by atoms with Gasteiger partial charge in [-0.1, -0.05) is 19.3 Å². The monoisotopic (exact) mass is 227 g/mol. The minimum Gasteiger partial charge on any atom is -0.336 e. The number of amides is 2. The van der Waals surface area contributed by atoms with Crippen molar-refractivity contribution in [2.24, 2.45) is 5.73 Å². The first kappa shape index (κ1) is 13.3. The fourth-order valence-electron chi connectivity index (χ4n) is 2.19. The molecule has 4 N–H and O–H groups in total. The van der Waals surface area contributed by atoms with E-state index in [0.717, 1.165) is 25.7 Å². The molecule has 0 bridgehead atoms. The van der Waals surface area contributed by atoms with Gasteiger partial charge in [0.15, 0.2) is 0 Å². The van der Waals surface area contributed by atoms with Crippen LogP contribution in [0.15, 0.2) is 0 Å². The standard InChI is InChI=1S/C12H25N3O/c1-10(6-5-9-13)14-12(16)15-11-7-3-2-4-8-11/h10-11H,2-9,13H2,1H3,(H2,14,15,16). The molecule has 1 atom stereocenters. The van der Waals surface area contributed by atoms with E-state index in [1.165, 1.54) is 19.3 Å². The summed E-state index contributed by atoms with van der Waals surface area (Å²) in [4.78, 5) is 11.6. The van der Waals surface area contributed by atoms with Crippen molar-refractivity contribution in [3.63, 3.8) is 0 Å². The maximum absolute atomic E-state index is 11.6. The molecule has 1 fully saturated rings. The minimum absolute atomic E-state index is 0.0172. The van der Waals surface area contributed by atoms with E-state index < -0.39 is 0 Å². The zero-order valence-corrected chi connectivity index (χ0v) is 10.3. The Morgan fingerprint density at radius 1 is 1.38 bits per heavy atom. The van der Waals surface area contributed by atoms with Gasteiger partial charge in [-0.2, -0.15) is 0 Å². The summed E-state index contributed by atoms with van der Waals surface area (Å²) in [5, 5.41) is 6.00. The van der Waals surface area contributed by atoms with Crippen molar-refractivity contribution in [1.29, 1.82) is 0 Å². The summed E-state index contributed by atoms with van der Waals surface area (Å²) in [5.41, 5.74) is 5.43. The van der Waals surface area contributed by atoms with Crippen molar-refractivity contribution < 1.29 is 4.79 Å². The van der Waals surface area contributed by atoms with E-state index >= 15 is 0 Å². The third-order valence-corrected chi connectivity index (χ3v) is 3.16. The lowest BCUT2D eigenvalue weighted by Crippen LogP contribution is -2.46. The Morgan fingerprint density at radius 2 is 2.06 bits per heavy atom. The Kier molecular flexibility index (Phi) is 6.23. The molecule has 0 aromatic heterocycles. The van der Waals surface area contributed by atoms with Crippen LogP contribution in [0.3, 0.4) is 0 Å². The first-order chi connectivity index (χ1) is 7.72. The molecule has 1 unspecified atom stereocenters. The van der Waals surface area contributed by atoms with Gasteiger partial charge in [0.1, 0.15) is 0 Å². The third-order valence-electron chi connectivity index (χ3n) is 3.16. The summed E-state index contributed by atoms with van der Waals surface area (Å²) in [5.74, 6) is 0. The molecule has 16 heavy (non-hydrogen) atoms. The molecule has 1 rings (SSSR count). The molecule has 4 nitrogen and oxygen atoms in total. The van der Waals surface area contributed by atoms with E-state index in [9.17, 15) is 4.79 Å². The van der Waals surface area contributed by atoms with Crippen molar-refractivity contribution in [2.75, 3.05) is 6.54 Å². The fraction of sp³-hybridized carbons (Fsp3) is 0.917. The summed E-state index contributed by atoms with van der Waals surface area (Å²) >= 11 is 0. The molecule has 0 spiro atoms. The highest BCUT2D eigenvalue weighted by molar-refractivity contribution is 5.74. The van der Waals surface area contributed by atoms with Gasteiger partial charge in [0, 0.05) is 12.1 Å². The maximum atomic E-state index is 11.6. The number of hydrogen-bond donors (Lipinski definition) is 3. The molecule has 1 saturated carbocycles. The molecular weight excluding hydrogens is 202 g/mol. The van der Waals surface area contributed by atoms with Crippen molar-refractivity contribution in [2.45, 2.75) is 64.0 Å². The molecule has 94 valence electrons. The number of carbonyl (C=O) groups is 1. The van der Waals surface area contributed by atoms with Crippen LogP contribution in [-0.2, 0) is 0 Å². The Hall–Kier alpha value is -0.770. The average Bonchev–Trinajstić information content (AvgIpc) is 2.27. The number of hydrogen-bond acceptors (Lipinski definition) is 2. The Bertz CT molecular complexity index is 202. The van der Waals surface area contributed by atoms with Crippen LogP contribution in [0.5, 0.6) is 0 Å². The van der Waals surface area contributed by atoms with Crippen LogP contribution in [-0.4, -0.2) is 24.7 Å². The van der Waals surface area contributed by atoms with E-state index in [1.54, 1.807) is 0 Å². The quantitative estimate of drug-likeness (QED) is 0.670. The zero-order valence-electron chi connectivity index (χ0n) is 10.3. The van der Waals surface area contributed by atoms with Crippen LogP contribution in [0.25, 0.3) is 0 Å². The second kappa shape index (κ2) is 7.49. The molecule has 0 heterocycles. The summed E-state index contributed by atoms with van der Waals surface area (Å²) in [7, 11) is 0. The number of nitrogens with two attached hydrogens (primary N) is 1. The lowest BCUT2D eigenvalue weighted by molar-refractivity contribution is 0.229. The molecule has 0 saturated heterocycles. The molecule has 1 aliphatic carbocycles. The fourth-order valence-corrected chi connectivity index (χ4v) is 2.19. The molecular formula is C12H25N3O. The zero-order chi connectivity index (χ0) is 11.8. The van der Waals surface area contributed by atoms with Gasteiger partial charge in [0.2, 0.25) is 0 Å². The van der Waals surface area contributed by atoms with E-state index in [0.29, 0.717) is 12.6 Å². The predicted molar refractivity (Wildman–Crippen MR) is 66.3 cm³/mol. The smallest absolute Gasteiger partial charge is 0.315 e. The van der Waals surface area contributed by atoms with E-state index in [4.69, 9.17) is 5.73 Å². The van der Waals surface area contributed by atoms with Crippen molar-refractivity contribution >= 4 is 6.03 Å². The van der Waals surface area contributed by atoms with Crippen LogP contribution in [0.2, 0.25) is 0 Å². The van der Waals surface area contributed by atoms with Gasteiger partial charge >= 0.3 is 6.03 Å². The van der Waals surface area contributed by atoms with Crippen LogP contribution >= 0.6 is 0 Å².